The summed E-state index contributed by atoms with van der Waals surface area (Å²) in [7, 11) is 0. The Hall–Kier alpha value is -3.58. The number of hydrogen-bond donors (Lipinski definition) is 0. The molecule has 0 fully saturated rings. The molecule has 0 saturated heterocycles. The van der Waals surface area contributed by atoms with Gasteiger partial charge in [-0.1, -0.05) is 29.8 Å². The number of aromatic nitrogens is 3. The maximum absolute atomic E-state index is 14.0. The predicted octanol–water partition coefficient (Wildman–Crippen LogP) is 5.52. The van der Waals surface area contributed by atoms with Gasteiger partial charge in [0.1, 0.15) is 28.5 Å². The van der Waals surface area contributed by atoms with Crippen molar-refractivity contribution in [3.05, 3.63) is 111 Å². The molecule has 0 bridgehead atoms. The predicted molar refractivity (Wildman–Crippen MR) is 117 cm³/mol. The number of halogens is 4. The summed E-state index contributed by atoms with van der Waals surface area (Å²) in [5.74, 6) is -1.92. The largest absolute Gasteiger partial charge is 0.330 e. The molecule has 0 amide bonds. The molecule has 3 aromatic carbocycles. The minimum absolute atomic E-state index is 0.00728. The van der Waals surface area contributed by atoms with E-state index in [1.807, 2.05) is 6.07 Å². The number of fused-ring (bicyclic) bond motifs is 3. The second-order valence-electron chi connectivity index (χ2n) is 7.49. The molecule has 8 heteroatoms. The highest BCUT2D eigenvalue weighted by molar-refractivity contribution is 6.31. The lowest BCUT2D eigenvalue weighted by Gasteiger charge is -2.10. The summed E-state index contributed by atoms with van der Waals surface area (Å²) in [6.07, 6.45) is 1.39. The highest BCUT2D eigenvalue weighted by Crippen LogP contribution is 2.28. The van der Waals surface area contributed by atoms with Gasteiger partial charge in [0.05, 0.1) is 18.4 Å². The van der Waals surface area contributed by atoms with E-state index in [0.717, 1.165) is 11.6 Å². The third-order valence-corrected chi connectivity index (χ3v) is 5.72. The Labute approximate surface area is 185 Å². The second-order valence-corrected chi connectivity index (χ2v) is 7.90. The summed E-state index contributed by atoms with van der Waals surface area (Å²) in [5.41, 5.74) is 1.75. The molecule has 32 heavy (non-hydrogen) atoms. The van der Waals surface area contributed by atoms with Crippen LogP contribution >= 0.6 is 11.6 Å². The summed E-state index contributed by atoms with van der Waals surface area (Å²) in [4.78, 5) is 17.9. The molecular formula is C24H15ClF3N3O. The van der Waals surface area contributed by atoms with Gasteiger partial charge in [-0.2, -0.15) is 0 Å². The fourth-order valence-corrected chi connectivity index (χ4v) is 4.14. The van der Waals surface area contributed by atoms with Crippen LogP contribution in [-0.2, 0) is 13.1 Å². The van der Waals surface area contributed by atoms with Crippen molar-refractivity contribution in [2.24, 2.45) is 0 Å². The minimum Gasteiger partial charge on any atom is -0.330 e. The molecule has 2 aromatic heterocycles. The van der Waals surface area contributed by atoms with Gasteiger partial charge in [-0.15, -0.1) is 0 Å². The summed E-state index contributed by atoms with van der Waals surface area (Å²) in [6, 6.07) is 14.4. The summed E-state index contributed by atoms with van der Waals surface area (Å²) >= 11 is 6.24. The van der Waals surface area contributed by atoms with Gasteiger partial charge in [0, 0.05) is 23.0 Å². The molecule has 0 aliphatic rings. The zero-order chi connectivity index (χ0) is 22.4. The number of benzene rings is 3. The van der Waals surface area contributed by atoms with Crippen LogP contribution in [0.15, 0.2) is 71.8 Å². The second kappa shape index (κ2) is 7.84. The van der Waals surface area contributed by atoms with E-state index in [4.69, 9.17) is 11.6 Å². The molecule has 5 aromatic rings. The fourth-order valence-electron chi connectivity index (χ4n) is 3.94. The van der Waals surface area contributed by atoms with E-state index in [0.29, 0.717) is 27.0 Å². The molecule has 2 heterocycles. The standard InChI is InChI=1S/C24H15ClF3N3O/c25-20-4-2-1-3-15(20)12-30-13-29-22-19-10-16(26)5-6-21(19)31(23(22)24(30)32)11-14-7-17(27)9-18(28)8-14/h1-10,13H,11-12H2. The molecular weight excluding hydrogens is 439 g/mol. The molecule has 0 unspecified atom stereocenters. The highest BCUT2D eigenvalue weighted by atomic mass is 35.5. The average molecular weight is 454 g/mol. The van der Waals surface area contributed by atoms with Gasteiger partial charge in [0.25, 0.3) is 5.56 Å². The van der Waals surface area contributed by atoms with Crippen molar-refractivity contribution in [2.75, 3.05) is 0 Å². The van der Waals surface area contributed by atoms with Crippen LogP contribution in [0.2, 0.25) is 5.02 Å². The van der Waals surface area contributed by atoms with Gasteiger partial charge in [0.2, 0.25) is 0 Å². The van der Waals surface area contributed by atoms with Crippen molar-refractivity contribution in [3.8, 4) is 0 Å². The van der Waals surface area contributed by atoms with Gasteiger partial charge >= 0.3 is 0 Å². The van der Waals surface area contributed by atoms with Gasteiger partial charge in [-0.3, -0.25) is 9.36 Å². The Morgan fingerprint density at radius 1 is 0.875 bits per heavy atom. The lowest BCUT2D eigenvalue weighted by atomic mass is 10.2. The average Bonchev–Trinajstić information content (AvgIpc) is 3.04. The molecule has 0 N–H and O–H groups in total. The zero-order valence-corrected chi connectivity index (χ0v) is 17.3. The number of hydrogen-bond acceptors (Lipinski definition) is 2. The first-order valence-electron chi connectivity index (χ1n) is 9.76. The monoisotopic (exact) mass is 453 g/mol. The van der Waals surface area contributed by atoms with E-state index in [2.05, 4.69) is 4.98 Å². The first kappa shape index (κ1) is 20.3. The maximum Gasteiger partial charge on any atom is 0.278 e. The molecule has 0 radical (unpaired) electrons. The SMILES string of the molecule is O=c1c2c(ncn1Cc1ccccc1Cl)c1cc(F)ccc1n2Cc1cc(F)cc(F)c1. The van der Waals surface area contributed by atoms with E-state index in [9.17, 15) is 18.0 Å². The molecule has 0 aliphatic heterocycles. The fraction of sp³-hybridized carbons (Fsp3) is 0.0833. The highest BCUT2D eigenvalue weighted by Gasteiger charge is 2.18. The van der Waals surface area contributed by atoms with Crippen LogP contribution in [0, 0.1) is 17.5 Å². The van der Waals surface area contributed by atoms with E-state index in [1.54, 1.807) is 22.8 Å². The lowest BCUT2D eigenvalue weighted by molar-refractivity contribution is 0.578. The van der Waals surface area contributed by atoms with Gasteiger partial charge in [0.15, 0.2) is 0 Å². The van der Waals surface area contributed by atoms with Crippen LogP contribution in [-0.4, -0.2) is 14.1 Å². The van der Waals surface area contributed by atoms with Crippen molar-refractivity contribution in [2.45, 2.75) is 13.1 Å². The Bertz CT molecular complexity index is 1540. The molecule has 0 saturated carbocycles. The van der Waals surface area contributed by atoms with Crippen molar-refractivity contribution in [3.63, 3.8) is 0 Å². The van der Waals surface area contributed by atoms with Crippen LogP contribution < -0.4 is 5.56 Å². The van der Waals surface area contributed by atoms with Crippen LogP contribution in [0.4, 0.5) is 13.2 Å². The van der Waals surface area contributed by atoms with Gasteiger partial charge < -0.3 is 4.57 Å². The number of nitrogens with zero attached hydrogens (tertiary/aromatic N) is 3. The summed E-state index contributed by atoms with van der Waals surface area (Å²) < 4.78 is 44.5. The first-order chi connectivity index (χ1) is 15.4. The van der Waals surface area contributed by atoms with E-state index < -0.39 is 17.5 Å². The van der Waals surface area contributed by atoms with E-state index in [-0.39, 0.29) is 24.2 Å². The summed E-state index contributed by atoms with van der Waals surface area (Å²) in [5, 5.41) is 0.955. The Balaban J connectivity index is 1.74. The molecule has 0 aliphatic carbocycles. The molecule has 160 valence electrons. The van der Waals surface area contributed by atoms with Crippen molar-refractivity contribution in [1.82, 2.24) is 14.1 Å². The zero-order valence-electron chi connectivity index (χ0n) is 16.5. The molecule has 0 spiro atoms. The smallest absolute Gasteiger partial charge is 0.278 e. The van der Waals surface area contributed by atoms with Crippen LogP contribution in [0.3, 0.4) is 0 Å². The van der Waals surface area contributed by atoms with Crippen molar-refractivity contribution in [1.29, 1.82) is 0 Å². The molecule has 5 rings (SSSR count). The van der Waals surface area contributed by atoms with Gasteiger partial charge in [-0.25, -0.2) is 18.2 Å². The summed E-state index contributed by atoms with van der Waals surface area (Å²) in [6.45, 7) is 0.194. The van der Waals surface area contributed by atoms with E-state index in [1.165, 1.54) is 41.2 Å². The van der Waals surface area contributed by atoms with Crippen molar-refractivity contribution < 1.29 is 13.2 Å². The Morgan fingerprint density at radius 3 is 2.38 bits per heavy atom. The normalized spacial score (nSPS) is 11.5. The Kier molecular flexibility index (Phi) is 4.98. The number of rotatable bonds is 4. The van der Waals surface area contributed by atoms with Crippen LogP contribution in [0.25, 0.3) is 21.9 Å². The lowest BCUT2D eigenvalue weighted by Crippen LogP contribution is -2.23. The first-order valence-corrected chi connectivity index (χ1v) is 10.1. The van der Waals surface area contributed by atoms with Crippen molar-refractivity contribution >= 4 is 33.5 Å². The van der Waals surface area contributed by atoms with E-state index >= 15 is 0 Å². The maximum atomic E-state index is 14.0. The minimum atomic E-state index is -0.721. The van der Waals surface area contributed by atoms with Crippen LogP contribution in [0.1, 0.15) is 11.1 Å². The molecule has 4 nitrogen and oxygen atoms in total. The topological polar surface area (TPSA) is 39.8 Å². The third kappa shape index (κ3) is 3.54. The third-order valence-electron chi connectivity index (χ3n) is 5.35. The quantitative estimate of drug-likeness (QED) is 0.359. The Morgan fingerprint density at radius 2 is 1.62 bits per heavy atom. The van der Waals surface area contributed by atoms with Crippen LogP contribution in [0.5, 0.6) is 0 Å². The van der Waals surface area contributed by atoms with Gasteiger partial charge in [-0.05, 0) is 47.5 Å². The molecule has 0 atom stereocenters.